The van der Waals surface area contributed by atoms with Crippen molar-refractivity contribution in [2.24, 2.45) is 0 Å². The second-order valence-electron chi connectivity index (χ2n) is 5.48. The summed E-state index contributed by atoms with van der Waals surface area (Å²) >= 11 is 1.47. The predicted molar refractivity (Wildman–Crippen MR) is 83.3 cm³/mol. The topological polar surface area (TPSA) is 44.8 Å². The molecular weight excluding hydrogens is 300 g/mol. The predicted octanol–water partition coefficient (Wildman–Crippen LogP) is 3.64. The number of esters is 1. The third kappa shape index (κ3) is 2.51. The third-order valence-electron chi connectivity index (χ3n) is 3.95. The Hall–Kier alpha value is -1.85. The summed E-state index contributed by atoms with van der Waals surface area (Å²) in [6.45, 7) is 1.61. The van der Waals surface area contributed by atoms with E-state index in [0.29, 0.717) is 18.1 Å². The summed E-state index contributed by atoms with van der Waals surface area (Å²) in [5.41, 5.74) is 2.10. The number of benzene rings is 1. The summed E-state index contributed by atoms with van der Waals surface area (Å²) in [5.74, 6) is 0.600. The monoisotopic (exact) mass is 316 g/mol. The SMILES string of the molecule is O=C(OC[C@@H]1CCCO1)c1cc2c(s1)-c1ccccc1OC2. The van der Waals surface area contributed by atoms with Crippen LogP contribution in [0.1, 0.15) is 28.1 Å². The van der Waals surface area contributed by atoms with E-state index < -0.39 is 0 Å². The molecule has 1 atom stereocenters. The fraction of sp³-hybridized carbons (Fsp3) is 0.353. The molecule has 1 aromatic carbocycles. The lowest BCUT2D eigenvalue weighted by Gasteiger charge is -2.16. The van der Waals surface area contributed by atoms with Gasteiger partial charge in [-0.2, -0.15) is 0 Å². The maximum atomic E-state index is 12.2. The van der Waals surface area contributed by atoms with Crippen molar-refractivity contribution in [1.82, 2.24) is 0 Å². The molecule has 2 aliphatic rings. The van der Waals surface area contributed by atoms with Crippen molar-refractivity contribution < 1.29 is 19.0 Å². The van der Waals surface area contributed by atoms with Crippen molar-refractivity contribution in [3.05, 3.63) is 40.8 Å². The van der Waals surface area contributed by atoms with Gasteiger partial charge in [-0.25, -0.2) is 4.79 Å². The largest absolute Gasteiger partial charge is 0.488 e. The highest BCUT2D eigenvalue weighted by atomic mass is 32.1. The van der Waals surface area contributed by atoms with Crippen LogP contribution in [-0.4, -0.2) is 25.3 Å². The summed E-state index contributed by atoms with van der Waals surface area (Å²) in [5, 5.41) is 0. The Morgan fingerprint density at radius 1 is 1.36 bits per heavy atom. The zero-order valence-corrected chi connectivity index (χ0v) is 12.9. The van der Waals surface area contributed by atoms with E-state index in [9.17, 15) is 4.79 Å². The van der Waals surface area contributed by atoms with E-state index in [1.165, 1.54) is 11.3 Å². The van der Waals surface area contributed by atoms with Gasteiger partial charge in [-0.15, -0.1) is 11.3 Å². The van der Waals surface area contributed by atoms with Gasteiger partial charge in [-0.1, -0.05) is 12.1 Å². The van der Waals surface area contributed by atoms with Gasteiger partial charge in [0.1, 0.15) is 23.8 Å². The van der Waals surface area contributed by atoms with E-state index >= 15 is 0 Å². The molecule has 4 rings (SSSR count). The van der Waals surface area contributed by atoms with Crippen LogP contribution >= 0.6 is 11.3 Å². The molecule has 0 aliphatic carbocycles. The molecule has 1 fully saturated rings. The number of hydrogen-bond acceptors (Lipinski definition) is 5. The lowest BCUT2D eigenvalue weighted by molar-refractivity contribution is 0.0165. The Kier molecular flexibility index (Phi) is 3.60. The van der Waals surface area contributed by atoms with E-state index in [1.54, 1.807) is 0 Å². The maximum Gasteiger partial charge on any atom is 0.348 e. The van der Waals surface area contributed by atoms with Crippen LogP contribution in [0, 0.1) is 0 Å². The van der Waals surface area contributed by atoms with Gasteiger partial charge >= 0.3 is 5.97 Å². The first kappa shape index (κ1) is 13.8. The van der Waals surface area contributed by atoms with E-state index in [4.69, 9.17) is 14.2 Å². The van der Waals surface area contributed by atoms with Crippen molar-refractivity contribution in [2.75, 3.05) is 13.2 Å². The Bertz CT molecular complexity index is 700. The Labute approximate surface area is 132 Å². The molecule has 0 saturated carbocycles. The van der Waals surface area contributed by atoms with E-state index in [0.717, 1.165) is 41.2 Å². The average molecular weight is 316 g/mol. The first-order valence-electron chi connectivity index (χ1n) is 7.45. The zero-order chi connectivity index (χ0) is 14.9. The number of para-hydroxylation sites is 1. The highest BCUT2D eigenvalue weighted by Gasteiger charge is 2.24. The average Bonchev–Trinajstić information content (AvgIpc) is 3.21. The highest BCUT2D eigenvalue weighted by Crippen LogP contribution is 2.42. The lowest BCUT2D eigenvalue weighted by atomic mass is 10.1. The van der Waals surface area contributed by atoms with Crippen molar-refractivity contribution in [2.45, 2.75) is 25.6 Å². The number of thiophene rings is 1. The first-order chi connectivity index (χ1) is 10.8. The Balaban J connectivity index is 1.52. The number of rotatable bonds is 3. The number of hydrogen-bond donors (Lipinski definition) is 0. The molecule has 4 nitrogen and oxygen atoms in total. The van der Waals surface area contributed by atoms with Gasteiger partial charge in [0.15, 0.2) is 0 Å². The van der Waals surface area contributed by atoms with Crippen molar-refractivity contribution in [1.29, 1.82) is 0 Å². The molecular formula is C17H16O4S. The van der Waals surface area contributed by atoms with E-state index in [-0.39, 0.29) is 12.1 Å². The minimum absolute atomic E-state index is 0.0580. The quantitative estimate of drug-likeness (QED) is 0.811. The standard InChI is InChI=1S/C17H16O4S/c18-17(21-10-12-4-3-7-19-12)15-8-11-9-20-14-6-2-1-5-13(14)16(11)22-15/h1-2,5-6,8,12H,3-4,7,9-10H2/t12-/m0/s1. The van der Waals surface area contributed by atoms with Gasteiger partial charge in [0, 0.05) is 22.6 Å². The number of ether oxygens (including phenoxy) is 3. The molecule has 0 radical (unpaired) electrons. The van der Waals surface area contributed by atoms with Crippen LogP contribution in [0.15, 0.2) is 30.3 Å². The van der Waals surface area contributed by atoms with E-state index in [2.05, 4.69) is 0 Å². The minimum atomic E-state index is -0.271. The zero-order valence-electron chi connectivity index (χ0n) is 12.0. The molecule has 0 unspecified atom stereocenters. The molecule has 2 aliphatic heterocycles. The second kappa shape index (κ2) is 5.74. The van der Waals surface area contributed by atoms with Gasteiger partial charge < -0.3 is 14.2 Å². The summed E-state index contributed by atoms with van der Waals surface area (Å²) in [6, 6.07) is 9.78. The van der Waals surface area contributed by atoms with Gasteiger partial charge in [0.05, 0.1) is 6.10 Å². The molecule has 0 amide bonds. The maximum absolute atomic E-state index is 12.2. The molecule has 114 valence electrons. The molecule has 0 bridgehead atoms. The van der Waals surface area contributed by atoms with Gasteiger partial charge in [-0.05, 0) is 31.0 Å². The summed E-state index contributed by atoms with van der Waals surface area (Å²) in [7, 11) is 0. The van der Waals surface area contributed by atoms with Crippen LogP contribution < -0.4 is 4.74 Å². The number of fused-ring (bicyclic) bond motifs is 3. The molecule has 1 saturated heterocycles. The summed E-state index contributed by atoms with van der Waals surface area (Å²) in [4.78, 5) is 14.0. The molecule has 0 N–H and O–H groups in total. The molecule has 22 heavy (non-hydrogen) atoms. The van der Waals surface area contributed by atoms with Gasteiger partial charge in [0.25, 0.3) is 0 Å². The number of carbonyl (C=O) groups excluding carboxylic acids is 1. The third-order valence-corrected chi connectivity index (χ3v) is 5.14. The minimum Gasteiger partial charge on any atom is -0.488 e. The molecule has 0 spiro atoms. The van der Waals surface area contributed by atoms with Crippen LogP contribution in [0.2, 0.25) is 0 Å². The fourth-order valence-electron chi connectivity index (χ4n) is 2.82. The van der Waals surface area contributed by atoms with Crippen molar-refractivity contribution in [3.63, 3.8) is 0 Å². The summed E-state index contributed by atoms with van der Waals surface area (Å²) in [6.07, 6.45) is 2.07. The van der Waals surface area contributed by atoms with Gasteiger partial charge in [0.2, 0.25) is 0 Å². The molecule has 2 aromatic rings. The van der Waals surface area contributed by atoms with Gasteiger partial charge in [-0.3, -0.25) is 0 Å². The molecule has 3 heterocycles. The van der Waals surface area contributed by atoms with Crippen LogP contribution in [0.25, 0.3) is 10.4 Å². The number of carbonyl (C=O) groups is 1. The van der Waals surface area contributed by atoms with Crippen LogP contribution in [0.5, 0.6) is 5.75 Å². The second-order valence-corrected chi connectivity index (χ2v) is 6.54. The van der Waals surface area contributed by atoms with Crippen LogP contribution in [-0.2, 0) is 16.1 Å². The van der Waals surface area contributed by atoms with E-state index in [1.807, 2.05) is 30.3 Å². The highest BCUT2D eigenvalue weighted by molar-refractivity contribution is 7.17. The van der Waals surface area contributed by atoms with Crippen molar-refractivity contribution >= 4 is 17.3 Å². The Morgan fingerprint density at radius 3 is 3.14 bits per heavy atom. The molecule has 5 heteroatoms. The lowest BCUT2D eigenvalue weighted by Crippen LogP contribution is -2.17. The smallest absolute Gasteiger partial charge is 0.348 e. The van der Waals surface area contributed by atoms with Crippen molar-refractivity contribution in [3.8, 4) is 16.2 Å². The van der Waals surface area contributed by atoms with Crippen LogP contribution in [0.4, 0.5) is 0 Å². The summed E-state index contributed by atoms with van der Waals surface area (Å²) < 4.78 is 16.6. The first-order valence-corrected chi connectivity index (χ1v) is 8.26. The van der Waals surface area contributed by atoms with Crippen LogP contribution in [0.3, 0.4) is 0 Å². The fourth-order valence-corrected chi connectivity index (χ4v) is 3.91. The Morgan fingerprint density at radius 2 is 2.27 bits per heavy atom. The molecule has 1 aromatic heterocycles. The normalized spacial score (nSPS) is 19.2.